The second kappa shape index (κ2) is 7.80. The van der Waals surface area contributed by atoms with Gasteiger partial charge in [0.2, 0.25) is 5.89 Å². The van der Waals surface area contributed by atoms with Gasteiger partial charge in [0.25, 0.3) is 5.91 Å². The Labute approximate surface area is 187 Å². The summed E-state index contributed by atoms with van der Waals surface area (Å²) in [5.41, 5.74) is 3.73. The van der Waals surface area contributed by atoms with Gasteiger partial charge in [-0.05, 0) is 55.0 Å². The normalized spacial score (nSPS) is 12.7. The monoisotopic (exact) mass is 454 g/mol. The number of amides is 1. The van der Waals surface area contributed by atoms with Gasteiger partial charge in [-0.15, -0.1) is 0 Å². The van der Waals surface area contributed by atoms with Crippen LogP contribution in [0.2, 0.25) is 10.0 Å². The molecule has 31 heavy (non-hydrogen) atoms. The fourth-order valence-electron chi connectivity index (χ4n) is 3.35. The van der Waals surface area contributed by atoms with Crippen molar-refractivity contribution in [3.8, 4) is 23.0 Å². The number of oxazole rings is 1. The molecule has 3 aromatic carbocycles. The number of halogens is 2. The van der Waals surface area contributed by atoms with Gasteiger partial charge >= 0.3 is 0 Å². The Morgan fingerprint density at radius 2 is 1.81 bits per heavy atom. The van der Waals surface area contributed by atoms with E-state index in [0.29, 0.717) is 68.6 Å². The Morgan fingerprint density at radius 3 is 2.65 bits per heavy atom. The van der Waals surface area contributed by atoms with Gasteiger partial charge in [0.15, 0.2) is 17.1 Å². The van der Waals surface area contributed by atoms with Crippen LogP contribution in [0.5, 0.6) is 11.5 Å². The predicted molar refractivity (Wildman–Crippen MR) is 120 cm³/mol. The summed E-state index contributed by atoms with van der Waals surface area (Å²) in [6, 6.07) is 14.0. The van der Waals surface area contributed by atoms with Crippen LogP contribution in [0.4, 0.5) is 5.69 Å². The molecule has 0 bridgehead atoms. The minimum Gasteiger partial charge on any atom is -0.486 e. The first-order chi connectivity index (χ1) is 15.0. The number of hydrogen-bond acceptors (Lipinski definition) is 5. The summed E-state index contributed by atoms with van der Waals surface area (Å²) in [5, 5.41) is 3.82. The quantitative estimate of drug-likeness (QED) is 0.402. The van der Waals surface area contributed by atoms with Crippen LogP contribution < -0.4 is 14.8 Å². The number of hydrogen-bond donors (Lipinski definition) is 1. The number of aryl methyl sites for hydroxylation is 1. The van der Waals surface area contributed by atoms with Gasteiger partial charge in [-0.25, -0.2) is 4.98 Å². The van der Waals surface area contributed by atoms with E-state index in [0.717, 1.165) is 5.56 Å². The van der Waals surface area contributed by atoms with Crippen LogP contribution in [0.25, 0.3) is 22.6 Å². The zero-order valence-corrected chi connectivity index (χ0v) is 17.9. The van der Waals surface area contributed by atoms with E-state index in [1.807, 2.05) is 25.1 Å². The molecule has 0 spiro atoms. The third-order valence-corrected chi connectivity index (χ3v) is 5.45. The number of ether oxygens (including phenoxy) is 2. The highest BCUT2D eigenvalue weighted by atomic mass is 35.5. The largest absolute Gasteiger partial charge is 0.486 e. The molecule has 156 valence electrons. The van der Waals surface area contributed by atoms with Crippen molar-refractivity contribution < 1.29 is 18.7 Å². The lowest BCUT2D eigenvalue weighted by molar-refractivity contribution is 0.102. The first-order valence-electron chi connectivity index (χ1n) is 9.55. The lowest BCUT2D eigenvalue weighted by Gasteiger charge is -2.18. The molecule has 0 aliphatic carbocycles. The van der Waals surface area contributed by atoms with E-state index in [-0.39, 0.29) is 5.91 Å². The highest BCUT2D eigenvalue weighted by Crippen LogP contribution is 2.34. The van der Waals surface area contributed by atoms with Crippen LogP contribution in [0.15, 0.2) is 52.9 Å². The van der Waals surface area contributed by atoms with Crippen LogP contribution in [-0.4, -0.2) is 24.1 Å². The van der Waals surface area contributed by atoms with Crippen molar-refractivity contribution in [1.29, 1.82) is 0 Å². The van der Waals surface area contributed by atoms with Crippen molar-refractivity contribution in [3.63, 3.8) is 0 Å². The van der Waals surface area contributed by atoms with E-state index in [9.17, 15) is 4.79 Å². The lowest BCUT2D eigenvalue weighted by Crippen LogP contribution is -2.17. The lowest BCUT2D eigenvalue weighted by atomic mass is 10.1. The Morgan fingerprint density at radius 1 is 1.00 bits per heavy atom. The van der Waals surface area contributed by atoms with Gasteiger partial charge < -0.3 is 19.2 Å². The predicted octanol–water partition coefficient (Wildman–Crippen LogP) is 6.13. The maximum absolute atomic E-state index is 12.8. The van der Waals surface area contributed by atoms with Gasteiger partial charge in [-0.1, -0.05) is 29.3 Å². The van der Waals surface area contributed by atoms with Gasteiger partial charge in [0, 0.05) is 21.8 Å². The van der Waals surface area contributed by atoms with Gasteiger partial charge in [-0.3, -0.25) is 4.79 Å². The Balaban J connectivity index is 1.45. The number of nitrogens with one attached hydrogen (secondary N) is 1. The van der Waals surface area contributed by atoms with E-state index in [2.05, 4.69) is 10.3 Å². The number of rotatable bonds is 3. The van der Waals surface area contributed by atoms with E-state index in [1.54, 1.807) is 30.3 Å². The van der Waals surface area contributed by atoms with E-state index >= 15 is 0 Å². The SMILES string of the molecule is Cc1ccc(-c2nc3cc(Cl)cc(Cl)c3o2)cc1NC(=O)c1ccc2c(c1)OCCO2. The van der Waals surface area contributed by atoms with Crippen molar-refractivity contribution in [3.05, 3.63) is 69.7 Å². The Kier molecular flexibility index (Phi) is 4.96. The van der Waals surface area contributed by atoms with Gasteiger partial charge in [0.05, 0.1) is 5.02 Å². The van der Waals surface area contributed by atoms with E-state index in [4.69, 9.17) is 37.1 Å². The zero-order valence-electron chi connectivity index (χ0n) is 16.4. The smallest absolute Gasteiger partial charge is 0.255 e. The summed E-state index contributed by atoms with van der Waals surface area (Å²) >= 11 is 12.3. The highest BCUT2D eigenvalue weighted by Gasteiger charge is 2.17. The maximum atomic E-state index is 12.8. The standard InChI is InChI=1S/C23H16Cl2N2O4/c1-12-2-3-14(23-27-18-11-15(24)10-16(25)21(18)31-23)8-17(12)26-22(28)13-4-5-19-20(9-13)30-7-6-29-19/h2-5,8-11H,6-7H2,1H3,(H,26,28). The number of carbonyl (C=O) groups excluding carboxylic acids is 1. The summed E-state index contributed by atoms with van der Waals surface area (Å²) in [5.74, 6) is 1.32. The molecule has 4 aromatic rings. The summed E-state index contributed by atoms with van der Waals surface area (Å²) in [4.78, 5) is 17.3. The molecule has 0 atom stereocenters. The number of aromatic nitrogens is 1. The minimum atomic E-state index is -0.260. The molecular formula is C23H16Cl2N2O4. The molecule has 1 aliphatic rings. The molecule has 1 aliphatic heterocycles. The van der Waals surface area contributed by atoms with Crippen molar-refractivity contribution in [2.24, 2.45) is 0 Å². The maximum Gasteiger partial charge on any atom is 0.255 e. The van der Waals surface area contributed by atoms with Crippen molar-refractivity contribution >= 4 is 45.9 Å². The molecule has 1 N–H and O–H groups in total. The highest BCUT2D eigenvalue weighted by molar-refractivity contribution is 6.38. The molecule has 0 saturated carbocycles. The summed E-state index contributed by atoms with van der Waals surface area (Å²) in [6.45, 7) is 2.86. The molecule has 0 radical (unpaired) electrons. The number of nitrogens with zero attached hydrogens (tertiary/aromatic N) is 1. The Hall–Kier alpha value is -3.22. The van der Waals surface area contributed by atoms with Gasteiger partial charge in [0.1, 0.15) is 18.7 Å². The number of anilines is 1. The Bertz CT molecular complexity index is 1330. The van der Waals surface area contributed by atoms with Gasteiger partial charge in [-0.2, -0.15) is 0 Å². The third kappa shape index (κ3) is 3.80. The van der Waals surface area contributed by atoms with Crippen molar-refractivity contribution in [1.82, 2.24) is 4.98 Å². The second-order valence-corrected chi connectivity index (χ2v) is 7.94. The zero-order chi connectivity index (χ0) is 21.5. The number of carbonyl (C=O) groups is 1. The second-order valence-electron chi connectivity index (χ2n) is 7.10. The molecule has 0 saturated heterocycles. The van der Waals surface area contributed by atoms with Crippen LogP contribution in [-0.2, 0) is 0 Å². The molecule has 6 nitrogen and oxygen atoms in total. The average Bonchev–Trinajstić information content (AvgIpc) is 3.19. The average molecular weight is 455 g/mol. The third-order valence-electron chi connectivity index (χ3n) is 4.95. The fraction of sp³-hybridized carbons (Fsp3) is 0.130. The molecule has 1 aromatic heterocycles. The molecule has 0 unspecified atom stereocenters. The fourth-order valence-corrected chi connectivity index (χ4v) is 3.87. The summed E-state index contributed by atoms with van der Waals surface area (Å²) < 4.78 is 16.9. The topological polar surface area (TPSA) is 73.6 Å². The first-order valence-corrected chi connectivity index (χ1v) is 10.3. The van der Waals surface area contributed by atoms with E-state index in [1.165, 1.54) is 0 Å². The molecule has 1 amide bonds. The minimum absolute atomic E-state index is 0.260. The van der Waals surface area contributed by atoms with Crippen molar-refractivity contribution in [2.45, 2.75) is 6.92 Å². The summed E-state index contributed by atoms with van der Waals surface area (Å²) in [6.07, 6.45) is 0. The molecular weight excluding hydrogens is 439 g/mol. The van der Waals surface area contributed by atoms with Crippen LogP contribution in [0.1, 0.15) is 15.9 Å². The van der Waals surface area contributed by atoms with Crippen LogP contribution in [0, 0.1) is 6.92 Å². The number of fused-ring (bicyclic) bond motifs is 2. The van der Waals surface area contributed by atoms with Crippen molar-refractivity contribution in [2.75, 3.05) is 18.5 Å². The van der Waals surface area contributed by atoms with Crippen LogP contribution in [0.3, 0.4) is 0 Å². The first kappa shape index (κ1) is 19.7. The number of benzene rings is 3. The molecule has 0 fully saturated rings. The molecule has 8 heteroatoms. The van der Waals surface area contributed by atoms with E-state index < -0.39 is 0 Å². The van der Waals surface area contributed by atoms with Crippen LogP contribution >= 0.6 is 23.2 Å². The molecule has 2 heterocycles. The molecule has 5 rings (SSSR count). The summed E-state index contributed by atoms with van der Waals surface area (Å²) in [7, 11) is 0.